The van der Waals surface area contributed by atoms with Crippen molar-refractivity contribution >= 4 is 0 Å². The van der Waals surface area contributed by atoms with Gasteiger partial charge in [-0.1, -0.05) is 12.1 Å². The van der Waals surface area contributed by atoms with E-state index in [0.29, 0.717) is 11.3 Å². The summed E-state index contributed by atoms with van der Waals surface area (Å²) in [5, 5.41) is 0. The lowest BCUT2D eigenvalue weighted by Crippen LogP contribution is -2.18. The molecule has 0 aliphatic heterocycles. The van der Waals surface area contributed by atoms with Crippen molar-refractivity contribution in [3.8, 4) is 11.3 Å². The fraction of sp³-hybridized carbons (Fsp3) is 0.214. The van der Waals surface area contributed by atoms with Gasteiger partial charge in [0, 0.05) is 17.8 Å². The number of aromatic nitrogens is 1. The Kier molecular flexibility index (Phi) is 2.41. The molecule has 1 heterocycles. The van der Waals surface area contributed by atoms with Gasteiger partial charge in [-0.2, -0.15) is 0 Å². The minimum atomic E-state index is -0.234. The molecular weight excluding hydrogens is 215 g/mol. The molecular formula is C14H13FN2. The summed E-state index contributed by atoms with van der Waals surface area (Å²) in [6, 6.07) is 8.85. The van der Waals surface area contributed by atoms with E-state index in [1.807, 2.05) is 18.3 Å². The van der Waals surface area contributed by atoms with Crippen LogP contribution in [0.1, 0.15) is 11.1 Å². The highest BCUT2D eigenvalue weighted by Gasteiger charge is 2.19. The predicted octanol–water partition coefficient (Wildman–Crippen LogP) is 2.31. The number of nitrogens with zero attached hydrogens (tertiary/aromatic N) is 1. The van der Waals surface area contributed by atoms with Crippen molar-refractivity contribution in [2.24, 2.45) is 5.73 Å². The van der Waals surface area contributed by atoms with Crippen LogP contribution in [0.4, 0.5) is 4.39 Å². The zero-order chi connectivity index (χ0) is 11.8. The highest BCUT2D eigenvalue weighted by molar-refractivity contribution is 5.61. The number of halogens is 1. The lowest BCUT2D eigenvalue weighted by Gasteiger charge is -2.04. The standard InChI is InChI=1S/C14H13FN2/c15-13-4-2-1-3-12(13)14-7-9-5-11(16)6-10(9)8-17-14/h1-4,7-8,11H,5-6,16H2. The molecule has 0 saturated carbocycles. The fourth-order valence-electron chi connectivity index (χ4n) is 2.35. The Morgan fingerprint density at radius 2 is 1.94 bits per heavy atom. The Bertz CT molecular complexity index is 566. The molecule has 86 valence electrons. The van der Waals surface area contributed by atoms with Crippen molar-refractivity contribution in [3.05, 3.63) is 53.5 Å². The minimum Gasteiger partial charge on any atom is -0.327 e. The van der Waals surface area contributed by atoms with Crippen molar-refractivity contribution < 1.29 is 4.39 Å². The van der Waals surface area contributed by atoms with Crippen LogP contribution in [0.25, 0.3) is 11.3 Å². The number of pyridine rings is 1. The number of hydrogen-bond donors (Lipinski definition) is 1. The third-order valence-electron chi connectivity index (χ3n) is 3.20. The Morgan fingerprint density at radius 1 is 1.18 bits per heavy atom. The van der Waals surface area contributed by atoms with E-state index in [1.54, 1.807) is 12.1 Å². The van der Waals surface area contributed by atoms with Gasteiger partial charge in [0.1, 0.15) is 5.82 Å². The first-order valence-corrected chi connectivity index (χ1v) is 5.72. The van der Waals surface area contributed by atoms with Gasteiger partial charge in [0.25, 0.3) is 0 Å². The van der Waals surface area contributed by atoms with E-state index in [2.05, 4.69) is 4.98 Å². The van der Waals surface area contributed by atoms with Crippen molar-refractivity contribution in [1.29, 1.82) is 0 Å². The summed E-state index contributed by atoms with van der Waals surface area (Å²) in [6.45, 7) is 0. The average Bonchev–Trinajstić information content (AvgIpc) is 2.68. The third-order valence-corrected chi connectivity index (χ3v) is 3.20. The number of fused-ring (bicyclic) bond motifs is 1. The summed E-state index contributed by atoms with van der Waals surface area (Å²) in [5.41, 5.74) is 9.54. The van der Waals surface area contributed by atoms with Gasteiger partial charge in [0.05, 0.1) is 5.69 Å². The van der Waals surface area contributed by atoms with Gasteiger partial charge in [-0.3, -0.25) is 4.98 Å². The molecule has 1 aromatic heterocycles. The topological polar surface area (TPSA) is 38.9 Å². The van der Waals surface area contributed by atoms with Gasteiger partial charge in [0.15, 0.2) is 0 Å². The van der Waals surface area contributed by atoms with Crippen LogP contribution in [-0.2, 0) is 12.8 Å². The lowest BCUT2D eigenvalue weighted by atomic mass is 10.1. The normalized spacial score (nSPS) is 18.1. The second kappa shape index (κ2) is 3.93. The molecule has 1 unspecified atom stereocenters. The largest absolute Gasteiger partial charge is 0.327 e. The highest BCUT2D eigenvalue weighted by Crippen LogP contribution is 2.26. The van der Waals surface area contributed by atoms with Crippen LogP contribution in [0.3, 0.4) is 0 Å². The van der Waals surface area contributed by atoms with E-state index >= 15 is 0 Å². The first-order valence-electron chi connectivity index (χ1n) is 5.72. The molecule has 1 aliphatic carbocycles. The molecule has 3 rings (SSSR count). The molecule has 1 aromatic carbocycles. The zero-order valence-corrected chi connectivity index (χ0v) is 9.36. The van der Waals surface area contributed by atoms with E-state index < -0.39 is 0 Å². The number of nitrogens with two attached hydrogens (primary N) is 1. The molecule has 0 saturated heterocycles. The highest BCUT2D eigenvalue weighted by atomic mass is 19.1. The summed E-state index contributed by atoms with van der Waals surface area (Å²) in [4.78, 5) is 4.32. The monoisotopic (exact) mass is 228 g/mol. The van der Waals surface area contributed by atoms with E-state index in [0.717, 1.165) is 12.8 Å². The summed E-state index contributed by atoms with van der Waals surface area (Å²) in [6.07, 6.45) is 3.56. The van der Waals surface area contributed by atoms with E-state index in [1.165, 1.54) is 17.2 Å². The maximum Gasteiger partial charge on any atom is 0.132 e. The molecule has 2 nitrogen and oxygen atoms in total. The maximum absolute atomic E-state index is 13.6. The molecule has 0 radical (unpaired) electrons. The third kappa shape index (κ3) is 1.83. The SMILES string of the molecule is NC1Cc2cnc(-c3ccccc3F)cc2C1. The van der Waals surface area contributed by atoms with Crippen LogP contribution >= 0.6 is 0 Å². The summed E-state index contributed by atoms with van der Waals surface area (Å²) < 4.78 is 13.6. The molecule has 0 fully saturated rings. The van der Waals surface area contributed by atoms with Crippen LogP contribution in [0, 0.1) is 5.82 Å². The fourth-order valence-corrected chi connectivity index (χ4v) is 2.35. The maximum atomic E-state index is 13.6. The van der Waals surface area contributed by atoms with Gasteiger partial charge in [-0.25, -0.2) is 4.39 Å². The minimum absolute atomic E-state index is 0.183. The Morgan fingerprint density at radius 3 is 2.76 bits per heavy atom. The molecule has 1 atom stereocenters. The molecule has 0 amide bonds. The summed E-state index contributed by atoms with van der Waals surface area (Å²) in [7, 11) is 0. The van der Waals surface area contributed by atoms with Crippen LogP contribution in [0.15, 0.2) is 36.5 Å². The molecule has 3 heteroatoms. The average molecular weight is 228 g/mol. The van der Waals surface area contributed by atoms with E-state index in [4.69, 9.17) is 5.73 Å². The smallest absolute Gasteiger partial charge is 0.132 e. The van der Waals surface area contributed by atoms with Gasteiger partial charge in [-0.15, -0.1) is 0 Å². The van der Waals surface area contributed by atoms with Gasteiger partial charge >= 0.3 is 0 Å². The zero-order valence-electron chi connectivity index (χ0n) is 9.36. The Hall–Kier alpha value is -1.74. The van der Waals surface area contributed by atoms with Crippen molar-refractivity contribution in [2.45, 2.75) is 18.9 Å². The van der Waals surface area contributed by atoms with Gasteiger partial charge in [-0.05, 0) is 42.2 Å². The molecule has 2 N–H and O–H groups in total. The number of benzene rings is 1. The Labute approximate surface area is 99.3 Å². The van der Waals surface area contributed by atoms with Crippen LogP contribution < -0.4 is 5.73 Å². The van der Waals surface area contributed by atoms with Crippen LogP contribution in [0.5, 0.6) is 0 Å². The second-order valence-corrected chi connectivity index (χ2v) is 4.49. The van der Waals surface area contributed by atoms with Gasteiger partial charge in [0.2, 0.25) is 0 Å². The summed E-state index contributed by atoms with van der Waals surface area (Å²) in [5.74, 6) is -0.234. The van der Waals surface area contributed by atoms with Crippen molar-refractivity contribution in [2.75, 3.05) is 0 Å². The van der Waals surface area contributed by atoms with Crippen LogP contribution in [-0.4, -0.2) is 11.0 Å². The lowest BCUT2D eigenvalue weighted by molar-refractivity contribution is 0.630. The molecule has 1 aliphatic rings. The van der Waals surface area contributed by atoms with Crippen LogP contribution in [0.2, 0.25) is 0 Å². The molecule has 17 heavy (non-hydrogen) atoms. The predicted molar refractivity (Wildman–Crippen MR) is 65.0 cm³/mol. The molecule has 0 bridgehead atoms. The van der Waals surface area contributed by atoms with Gasteiger partial charge < -0.3 is 5.73 Å². The van der Waals surface area contributed by atoms with E-state index in [9.17, 15) is 4.39 Å². The second-order valence-electron chi connectivity index (χ2n) is 4.49. The van der Waals surface area contributed by atoms with Crippen molar-refractivity contribution in [3.63, 3.8) is 0 Å². The number of hydrogen-bond acceptors (Lipinski definition) is 2. The Balaban J connectivity index is 2.07. The first kappa shape index (κ1) is 10.4. The quantitative estimate of drug-likeness (QED) is 0.813. The first-order chi connectivity index (χ1) is 8.24. The number of rotatable bonds is 1. The van der Waals surface area contributed by atoms with Crippen molar-refractivity contribution in [1.82, 2.24) is 4.98 Å². The molecule has 2 aromatic rings. The van der Waals surface area contributed by atoms with E-state index in [-0.39, 0.29) is 11.9 Å². The summed E-state index contributed by atoms with van der Waals surface area (Å²) >= 11 is 0. The molecule has 0 spiro atoms.